The Hall–Kier alpha value is -1.92. The van der Waals surface area contributed by atoms with Gasteiger partial charge >= 0.3 is 5.97 Å². The van der Waals surface area contributed by atoms with Crippen molar-refractivity contribution in [3.63, 3.8) is 0 Å². The van der Waals surface area contributed by atoms with E-state index in [1.54, 1.807) is 6.92 Å². The van der Waals surface area contributed by atoms with Crippen molar-refractivity contribution in [2.24, 2.45) is 5.41 Å². The van der Waals surface area contributed by atoms with E-state index in [0.29, 0.717) is 18.7 Å². The van der Waals surface area contributed by atoms with Crippen LogP contribution in [0.15, 0.2) is 4.52 Å². The molecular formula is C13H19N3O4. The SMILES string of the molecule is C[C@H](NC(=O)C1(C(=O)O)CC1)c1nc(C(C)(C)C)no1. The Morgan fingerprint density at radius 2 is 2.00 bits per heavy atom. The summed E-state index contributed by atoms with van der Waals surface area (Å²) in [6, 6.07) is -0.511. The Morgan fingerprint density at radius 3 is 2.40 bits per heavy atom. The number of carbonyl (C=O) groups excluding carboxylic acids is 1. The van der Waals surface area contributed by atoms with E-state index in [1.165, 1.54) is 0 Å². The second-order valence-electron chi connectivity index (χ2n) is 6.29. The van der Waals surface area contributed by atoms with Gasteiger partial charge < -0.3 is 14.9 Å². The van der Waals surface area contributed by atoms with Gasteiger partial charge in [-0.15, -0.1) is 0 Å². The third-order valence-electron chi connectivity index (χ3n) is 3.42. The third kappa shape index (κ3) is 2.52. The van der Waals surface area contributed by atoms with Gasteiger partial charge in [-0.2, -0.15) is 4.98 Å². The second-order valence-corrected chi connectivity index (χ2v) is 6.29. The number of amides is 1. The average molecular weight is 281 g/mol. The van der Waals surface area contributed by atoms with Crippen molar-refractivity contribution in [3.8, 4) is 0 Å². The van der Waals surface area contributed by atoms with Gasteiger partial charge in [0.15, 0.2) is 5.82 Å². The topological polar surface area (TPSA) is 105 Å². The first-order chi connectivity index (χ1) is 9.17. The summed E-state index contributed by atoms with van der Waals surface area (Å²) >= 11 is 0. The molecule has 1 atom stereocenters. The van der Waals surface area contributed by atoms with Crippen molar-refractivity contribution in [1.29, 1.82) is 0 Å². The number of carboxylic acid groups (broad SMARTS) is 1. The van der Waals surface area contributed by atoms with Gasteiger partial charge in [-0.1, -0.05) is 25.9 Å². The van der Waals surface area contributed by atoms with Crippen LogP contribution < -0.4 is 5.32 Å². The smallest absolute Gasteiger partial charge is 0.319 e. The van der Waals surface area contributed by atoms with E-state index >= 15 is 0 Å². The number of aliphatic carboxylic acids is 1. The fourth-order valence-electron chi connectivity index (χ4n) is 1.78. The maximum atomic E-state index is 12.0. The van der Waals surface area contributed by atoms with E-state index in [4.69, 9.17) is 9.63 Å². The zero-order valence-electron chi connectivity index (χ0n) is 12.1. The van der Waals surface area contributed by atoms with Gasteiger partial charge in [-0.05, 0) is 19.8 Å². The molecule has 1 fully saturated rings. The summed E-state index contributed by atoms with van der Waals surface area (Å²) in [7, 11) is 0. The molecule has 1 aliphatic rings. The summed E-state index contributed by atoms with van der Waals surface area (Å²) in [5, 5.41) is 15.6. The monoisotopic (exact) mass is 281 g/mol. The first-order valence-electron chi connectivity index (χ1n) is 6.55. The minimum atomic E-state index is -1.26. The quantitative estimate of drug-likeness (QED) is 0.808. The molecule has 1 amide bonds. The highest BCUT2D eigenvalue weighted by atomic mass is 16.5. The molecule has 2 N–H and O–H groups in total. The van der Waals surface area contributed by atoms with Crippen LogP contribution >= 0.6 is 0 Å². The van der Waals surface area contributed by atoms with Gasteiger partial charge in [0.05, 0.1) is 0 Å². The molecule has 1 aromatic heterocycles. The largest absolute Gasteiger partial charge is 0.480 e. The summed E-state index contributed by atoms with van der Waals surface area (Å²) in [6.45, 7) is 7.55. The lowest BCUT2D eigenvalue weighted by atomic mass is 9.96. The Balaban J connectivity index is 2.06. The first kappa shape index (κ1) is 14.5. The molecule has 0 bridgehead atoms. The van der Waals surface area contributed by atoms with Crippen LogP contribution in [-0.2, 0) is 15.0 Å². The van der Waals surface area contributed by atoms with Crippen LogP contribution in [0.5, 0.6) is 0 Å². The van der Waals surface area contributed by atoms with Crippen LogP contribution in [-0.4, -0.2) is 27.1 Å². The molecule has 0 saturated heterocycles. The first-order valence-corrected chi connectivity index (χ1v) is 6.55. The molecule has 0 spiro atoms. The molecule has 0 unspecified atom stereocenters. The maximum absolute atomic E-state index is 12.0. The number of nitrogens with zero attached hydrogens (tertiary/aromatic N) is 2. The molecule has 0 radical (unpaired) electrons. The van der Waals surface area contributed by atoms with Crippen LogP contribution in [0.1, 0.15) is 58.3 Å². The van der Waals surface area contributed by atoms with Crippen molar-refractivity contribution in [3.05, 3.63) is 11.7 Å². The summed E-state index contributed by atoms with van der Waals surface area (Å²) in [4.78, 5) is 27.3. The van der Waals surface area contributed by atoms with E-state index in [2.05, 4.69) is 15.5 Å². The maximum Gasteiger partial charge on any atom is 0.319 e. The van der Waals surface area contributed by atoms with Crippen molar-refractivity contribution in [2.45, 2.75) is 52.0 Å². The second kappa shape index (κ2) is 4.57. The molecular weight excluding hydrogens is 262 g/mol. The predicted molar refractivity (Wildman–Crippen MR) is 68.9 cm³/mol. The highest BCUT2D eigenvalue weighted by molar-refractivity contribution is 6.04. The highest BCUT2D eigenvalue weighted by Gasteiger charge is 2.57. The normalized spacial score (nSPS) is 18.4. The fourth-order valence-corrected chi connectivity index (χ4v) is 1.78. The lowest BCUT2D eigenvalue weighted by molar-refractivity contribution is -0.149. The van der Waals surface area contributed by atoms with Crippen molar-refractivity contribution < 1.29 is 19.2 Å². The molecule has 0 aliphatic heterocycles. The molecule has 110 valence electrons. The summed E-state index contributed by atoms with van der Waals surface area (Å²) in [6.07, 6.45) is 0.746. The van der Waals surface area contributed by atoms with E-state index in [9.17, 15) is 9.59 Å². The molecule has 7 nitrogen and oxygen atoms in total. The van der Waals surface area contributed by atoms with Crippen LogP contribution in [0.25, 0.3) is 0 Å². The standard InChI is InChI=1S/C13H19N3O4/c1-7(8-15-9(16-20-8)12(2,3)4)14-10(17)13(5-6-13)11(18)19/h7H,5-6H2,1-4H3,(H,14,17)(H,18,19)/t7-/m0/s1. The molecule has 20 heavy (non-hydrogen) atoms. The number of nitrogens with one attached hydrogen (secondary N) is 1. The third-order valence-corrected chi connectivity index (χ3v) is 3.42. The van der Waals surface area contributed by atoms with Crippen LogP contribution in [0.2, 0.25) is 0 Å². The Morgan fingerprint density at radius 1 is 1.40 bits per heavy atom. The summed E-state index contributed by atoms with van der Waals surface area (Å²) in [5.41, 5.74) is -1.51. The van der Waals surface area contributed by atoms with E-state index in [-0.39, 0.29) is 11.3 Å². The van der Waals surface area contributed by atoms with Gasteiger partial charge in [0.1, 0.15) is 11.5 Å². The molecule has 2 rings (SSSR count). The number of rotatable bonds is 4. The van der Waals surface area contributed by atoms with Gasteiger partial charge in [0, 0.05) is 5.41 Å². The number of hydrogen-bond donors (Lipinski definition) is 2. The summed E-state index contributed by atoms with van der Waals surface area (Å²) < 4.78 is 5.12. The summed E-state index contributed by atoms with van der Waals surface area (Å²) in [5.74, 6) is -0.742. The van der Waals surface area contributed by atoms with Crippen molar-refractivity contribution >= 4 is 11.9 Å². The zero-order chi connectivity index (χ0) is 15.1. The van der Waals surface area contributed by atoms with Crippen molar-refractivity contribution in [1.82, 2.24) is 15.5 Å². The fraction of sp³-hybridized carbons (Fsp3) is 0.692. The molecule has 1 aromatic rings. The molecule has 0 aromatic carbocycles. The molecule has 1 aliphatic carbocycles. The Bertz CT molecular complexity index is 540. The van der Waals surface area contributed by atoms with Crippen LogP contribution in [0, 0.1) is 5.41 Å². The lowest BCUT2D eigenvalue weighted by Gasteiger charge is -2.14. The number of hydrogen-bond acceptors (Lipinski definition) is 5. The van der Waals surface area contributed by atoms with Crippen molar-refractivity contribution in [2.75, 3.05) is 0 Å². The van der Waals surface area contributed by atoms with E-state index in [0.717, 1.165) is 0 Å². The molecule has 1 saturated carbocycles. The average Bonchev–Trinajstić information content (AvgIpc) is 2.98. The Kier molecular flexibility index (Phi) is 3.31. The predicted octanol–water partition coefficient (Wildman–Crippen LogP) is 1.41. The number of carboxylic acids is 1. The number of aromatic nitrogens is 2. The van der Waals surface area contributed by atoms with Gasteiger partial charge in [-0.3, -0.25) is 9.59 Å². The van der Waals surface area contributed by atoms with Gasteiger partial charge in [0.2, 0.25) is 11.8 Å². The van der Waals surface area contributed by atoms with Crippen LogP contribution in [0.4, 0.5) is 0 Å². The number of carbonyl (C=O) groups is 2. The van der Waals surface area contributed by atoms with Crippen LogP contribution in [0.3, 0.4) is 0 Å². The molecule has 7 heteroatoms. The molecule has 1 heterocycles. The van der Waals surface area contributed by atoms with E-state index < -0.39 is 23.3 Å². The zero-order valence-corrected chi connectivity index (χ0v) is 12.1. The minimum Gasteiger partial charge on any atom is -0.480 e. The van der Waals surface area contributed by atoms with Gasteiger partial charge in [0.25, 0.3) is 0 Å². The lowest BCUT2D eigenvalue weighted by Crippen LogP contribution is -2.38. The minimum absolute atomic E-state index is 0.246. The van der Waals surface area contributed by atoms with E-state index in [1.807, 2.05) is 20.8 Å². The highest BCUT2D eigenvalue weighted by Crippen LogP contribution is 2.46. The van der Waals surface area contributed by atoms with Gasteiger partial charge in [-0.25, -0.2) is 0 Å². The Labute approximate surface area is 116 Å².